The maximum atomic E-state index is 12.7. The fraction of sp³-hybridized carbons (Fsp3) is 0.529. The molecule has 138 valence electrons. The quantitative estimate of drug-likeness (QED) is 0.815. The fourth-order valence-electron chi connectivity index (χ4n) is 2.83. The number of benzene rings is 1. The van der Waals surface area contributed by atoms with Gasteiger partial charge in [0.15, 0.2) is 5.17 Å². The van der Waals surface area contributed by atoms with Crippen LogP contribution in [0.3, 0.4) is 0 Å². The van der Waals surface area contributed by atoms with Gasteiger partial charge in [-0.15, -0.1) is 0 Å². The van der Waals surface area contributed by atoms with Crippen LogP contribution in [0.15, 0.2) is 9.89 Å². The van der Waals surface area contributed by atoms with Crippen molar-refractivity contribution in [3.8, 4) is 0 Å². The van der Waals surface area contributed by atoms with Gasteiger partial charge < -0.3 is 5.32 Å². The number of aliphatic imine (C=N–C) groups is 1. The summed E-state index contributed by atoms with van der Waals surface area (Å²) in [6, 6.07) is 0. The molecule has 0 unspecified atom stereocenters. The van der Waals surface area contributed by atoms with Crippen LogP contribution >= 0.6 is 11.8 Å². The van der Waals surface area contributed by atoms with Gasteiger partial charge in [0, 0.05) is 18.7 Å². The van der Waals surface area contributed by atoms with E-state index >= 15 is 0 Å². The summed E-state index contributed by atoms with van der Waals surface area (Å²) in [5, 5.41) is 3.31. The SMILES string of the molecule is Cc1c(C)c(C)c(S(=O)(=O)NCCC(=O)NC2=NCCS2)c(C)c1C. The van der Waals surface area contributed by atoms with Crippen LogP contribution in [0.1, 0.15) is 34.2 Å². The van der Waals surface area contributed by atoms with Crippen LogP contribution in [-0.2, 0) is 14.8 Å². The molecule has 0 radical (unpaired) electrons. The number of rotatable bonds is 5. The number of carbonyl (C=O) groups is 1. The van der Waals surface area contributed by atoms with Crippen LogP contribution in [0.5, 0.6) is 0 Å². The molecule has 0 saturated carbocycles. The van der Waals surface area contributed by atoms with E-state index in [9.17, 15) is 13.2 Å². The lowest BCUT2D eigenvalue weighted by atomic mass is 9.95. The molecule has 1 aromatic rings. The largest absolute Gasteiger partial charge is 0.305 e. The summed E-state index contributed by atoms with van der Waals surface area (Å²) in [4.78, 5) is 16.3. The van der Waals surface area contributed by atoms with Crippen molar-refractivity contribution < 1.29 is 13.2 Å². The van der Waals surface area contributed by atoms with Crippen molar-refractivity contribution >= 4 is 32.9 Å². The summed E-state index contributed by atoms with van der Waals surface area (Å²) in [7, 11) is -3.67. The lowest BCUT2D eigenvalue weighted by Gasteiger charge is -2.19. The third-order valence-electron chi connectivity index (χ3n) is 4.68. The number of amides is 1. The van der Waals surface area contributed by atoms with Crippen molar-refractivity contribution in [1.82, 2.24) is 10.0 Å². The van der Waals surface area contributed by atoms with Gasteiger partial charge in [-0.2, -0.15) is 0 Å². The molecule has 0 saturated heterocycles. The second kappa shape index (κ2) is 7.88. The van der Waals surface area contributed by atoms with Gasteiger partial charge in [-0.05, 0) is 62.4 Å². The van der Waals surface area contributed by atoms with Crippen molar-refractivity contribution in [3.05, 3.63) is 27.8 Å². The highest BCUT2D eigenvalue weighted by atomic mass is 32.2. The Kier molecular flexibility index (Phi) is 6.29. The van der Waals surface area contributed by atoms with Crippen LogP contribution in [0, 0.1) is 34.6 Å². The molecule has 8 heteroatoms. The smallest absolute Gasteiger partial charge is 0.241 e. The fourth-order valence-corrected chi connectivity index (χ4v) is 5.20. The average Bonchev–Trinajstić information content (AvgIpc) is 3.03. The molecule has 0 fully saturated rings. The highest BCUT2D eigenvalue weighted by molar-refractivity contribution is 8.14. The number of thioether (sulfide) groups is 1. The zero-order chi connectivity index (χ0) is 18.8. The Morgan fingerprint density at radius 1 is 1.04 bits per heavy atom. The van der Waals surface area contributed by atoms with Gasteiger partial charge in [-0.1, -0.05) is 11.8 Å². The average molecular weight is 384 g/mol. The Hall–Kier alpha value is -1.38. The molecule has 1 heterocycles. The number of hydrogen-bond donors (Lipinski definition) is 2. The predicted octanol–water partition coefficient (Wildman–Crippen LogP) is 2.12. The molecule has 0 atom stereocenters. The van der Waals surface area contributed by atoms with Crippen LogP contribution in [-0.4, -0.2) is 38.3 Å². The van der Waals surface area contributed by atoms with Crippen molar-refractivity contribution in [2.45, 2.75) is 45.9 Å². The molecule has 1 aromatic carbocycles. The van der Waals surface area contributed by atoms with Crippen LogP contribution in [0.2, 0.25) is 0 Å². The van der Waals surface area contributed by atoms with E-state index in [1.54, 1.807) is 0 Å². The van der Waals surface area contributed by atoms with E-state index in [1.807, 2.05) is 34.6 Å². The molecule has 25 heavy (non-hydrogen) atoms. The number of nitrogens with zero attached hydrogens (tertiary/aromatic N) is 1. The van der Waals surface area contributed by atoms with Gasteiger partial charge in [0.2, 0.25) is 15.9 Å². The van der Waals surface area contributed by atoms with Crippen LogP contribution in [0.4, 0.5) is 0 Å². The first-order chi connectivity index (χ1) is 11.6. The summed E-state index contributed by atoms with van der Waals surface area (Å²) in [6.45, 7) is 10.3. The zero-order valence-corrected chi connectivity index (χ0v) is 16.9. The first-order valence-electron chi connectivity index (χ1n) is 8.19. The summed E-state index contributed by atoms with van der Waals surface area (Å²) in [5.74, 6) is 0.632. The van der Waals surface area contributed by atoms with Gasteiger partial charge in [-0.3, -0.25) is 9.79 Å². The van der Waals surface area contributed by atoms with Gasteiger partial charge in [0.25, 0.3) is 0 Å². The molecule has 0 aliphatic carbocycles. The third-order valence-corrected chi connectivity index (χ3v) is 7.30. The molecular formula is C17H25N3O3S2. The highest BCUT2D eigenvalue weighted by Crippen LogP contribution is 2.29. The van der Waals surface area contributed by atoms with Crippen LogP contribution < -0.4 is 10.0 Å². The predicted molar refractivity (Wildman–Crippen MR) is 103 cm³/mol. The van der Waals surface area contributed by atoms with E-state index in [0.29, 0.717) is 16.6 Å². The van der Waals surface area contributed by atoms with E-state index in [1.165, 1.54) is 11.8 Å². The second-order valence-corrected chi connectivity index (χ2v) is 8.97. The summed E-state index contributed by atoms with van der Waals surface area (Å²) in [6.07, 6.45) is 0.0702. The van der Waals surface area contributed by atoms with Gasteiger partial charge in [0.05, 0.1) is 11.4 Å². The highest BCUT2D eigenvalue weighted by Gasteiger charge is 2.23. The number of sulfonamides is 1. The van der Waals surface area contributed by atoms with Crippen molar-refractivity contribution in [1.29, 1.82) is 0 Å². The molecule has 0 aromatic heterocycles. The number of nitrogens with one attached hydrogen (secondary N) is 2. The minimum absolute atomic E-state index is 0.0525. The van der Waals surface area contributed by atoms with Gasteiger partial charge in [0.1, 0.15) is 0 Å². The Morgan fingerprint density at radius 3 is 2.12 bits per heavy atom. The Balaban J connectivity index is 2.08. The van der Waals surface area contributed by atoms with Gasteiger partial charge >= 0.3 is 0 Å². The Morgan fingerprint density at radius 2 is 1.60 bits per heavy atom. The number of hydrogen-bond acceptors (Lipinski definition) is 5. The maximum absolute atomic E-state index is 12.7. The number of amidine groups is 1. The van der Waals surface area contributed by atoms with E-state index in [4.69, 9.17) is 0 Å². The molecule has 2 N–H and O–H groups in total. The van der Waals surface area contributed by atoms with E-state index in [0.717, 1.165) is 33.6 Å². The van der Waals surface area contributed by atoms with Crippen molar-refractivity contribution in [3.63, 3.8) is 0 Å². The topological polar surface area (TPSA) is 87.6 Å². The number of carbonyl (C=O) groups excluding carboxylic acids is 1. The Bertz CT molecular complexity index is 801. The molecular weight excluding hydrogens is 358 g/mol. The maximum Gasteiger partial charge on any atom is 0.241 e. The molecule has 2 rings (SSSR count). The normalized spacial score (nSPS) is 14.5. The molecule has 1 amide bonds. The van der Waals surface area contributed by atoms with Crippen molar-refractivity contribution in [2.24, 2.45) is 4.99 Å². The minimum Gasteiger partial charge on any atom is -0.305 e. The standard InChI is InChI=1S/C17H25N3O3S2/c1-10-11(2)13(4)16(14(5)12(10)3)25(22,23)19-7-6-15(21)20-17-18-8-9-24-17/h19H,6-9H2,1-5H3,(H,18,20,21). The Labute approximate surface area is 153 Å². The van der Waals surface area contributed by atoms with E-state index < -0.39 is 10.0 Å². The second-order valence-electron chi connectivity index (χ2n) is 6.19. The van der Waals surface area contributed by atoms with E-state index in [-0.39, 0.29) is 18.9 Å². The summed E-state index contributed by atoms with van der Waals surface area (Å²) >= 11 is 1.49. The zero-order valence-electron chi connectivity index (χ0n) is 15.3. The van der Waals surface area contributed by atoms with Crippen LogP contribution in [0.25, 0.3) is 0 Å². The molecule has 1 aliphatic rings. The van der Waals surface area contributed by atoms with E-state index in [2.05, 4.69) is 15.0 Å². The first kappa shape index (κ1) is 19.9. The monoisotopic (exact) mass is 383 g/mol. The molecule has 6 nitrogen and oxygen atoms in total. The van der Waals surface area contributed by atoms with Gasteiger partial charge in [-0.25, -0.2) is 13.1 Å². The molecule has 0 spiro atoms. The minimum atomic E-state index is -3.67. The summed E-state index contributed by atoms with van der Waals surface area (Å²) in [5.41, 5.74) is 4.60. The van der Waals surface area contributed by atoms with Crippen molar-refractivity contribution in [2.75, 3.05) is 18.8 Å². The molecule has 1 aliphatic heterocycles. The molecule has 0 bridgehead atoms. The summed E-state index contributed by atoms with van der Waals surface area (Å²) < 4.78 is 28.0. The lowest BCUT2D eigenvalue weighted by molar-refractivity contribution is -0.119. The lowest BCUT2D eigenvalue weighted by Crippen LogP contribution is -2.33. The third kappa shape index (κ3) is 4.43. The first-order valence-corrected chi connectivity index (χ1v) is 10.7.